The maximum absolute atomic E-state index is 5.76. The summed E-state index contributed by atoms with van der Waals surface area (Å²) in [5, 5.41) is 0.633. The molecule has 0 bridgehead atoms. The Balaban J connectivity index is 1.82. The van der Waals surface area contributed by atoms with E-state index < -0.39 is 0 Å². The minimum Gasteiger partial charge on any atom is -0.430 e. The molecule has 1 fully saturated rings. The van der Waals surface area contributed by atoms with Gasteiger partial charge in [0.05, 0.1) is 0 Å². The molecule has 0 aliphatic heterocycles. The predicted octanol–water partition coefficient (Wildman–Crippen LogP) is 4.28. The molecular formula is C12H11BrN2OS. The monoisotopic (exact) mass is 310 g/mol. The van der Waals surface area contributed by atoms with Gasteiger partial charge in [0.25, 0.3) is 5.19 Å². The van der Waals surface area contributed by atoms with Gasteiger partial charge >= 0.3 is 0 Å². The van der Waals surface area contributed by atoms with E-state index in [1.165, 1.54) is 24.4 Å². The van der Waals surface area contributed by atoms with Crippen molar-refractivity contribution >= 4 is 27.5 Å². The Morgan fingerprint density at radius 3 is 3.00 bits per heavy atom. The molecular weight excluding hydrogens is 300 g/mol. The van der Waals surface area contributed by atoms with E-state index in [0.717, 1.165) is 21.6 Å². The van der Waals surface area contributed by atoms with Gasteiger partial charge in [-0.2, -0.15) is 9.36 Å². The van der Waals surface area contributed by atoms with Gasteiger partial charge < -0.3 is 4.74 Å². The van der Waals surface area contributed by atoms with E-state index in [9.17, 15) is 0 Å². The van der Waals surface area contributed by atoms with Crippen LogP contribution < -0.4 is 4.74 Å². The van der Waals surface area contributed by atoms with Crippen molar-refractivity contribution in [2.45, 2.75) is 25.7 Å². The number of benzene rings is 1. The molecule has 0 amide bonds. The lowest BCUT2D eigenvalue weighted by Crippen LogP contribution is -1.88. The summed E-state index contributed by atoms with van der Waals surface area (Å²) in [6.07, 6.45) is 2.43. The van der Waals surface area contributed by atoms with Crippen molar-refractivity contribution in [2.75, 3.05) is 0 Å². The summed E-state index contributed by atoms with van der Waals surface area (Å²) in [5.74, 6) is 2.35. The minimum atomic E-state index is 0.576. The first-order valence-electron chi connectivity index (χ1n) is 5.50. The molecule has 0 unspecified atom stereocenters. The van der Waals surface area contributed by atoms with Crippen LogP contribution in [0.4, 0.5) is 0 Å². The molecule has 1 aromatic heterocycles. The molecule has 3 nitrogen and oxygen atoms in total. The van der Waals surface area contributed by atoms with Crippen LogP contribution in [0.5, 0.6) is 10.9 Å². The van der Waals surface area contributed by atoms with E-state index in [0.29, 0.717) is 11.1 Å². The topological polar surface area (TPSA) is 35.0 Å². The summed E-state index contributed by atoms with van der Waals surface area (Å²) in [4.78, 5) is 4.41. The molecule has 17 heavy (non-hydrogen) atoms. The summed E-state index contributed by atoms with van der Waals surface area (Å²) in [6.45, 7) is 2.02. The van der Waals surface area contributed by atoms with Gasteiger partial charge in [0, 0.05) is 21.9 Å². The second-order valence-corrected chi connectivity index (χ2v) is 5.83. The predicted molar refractivity (Wildman–Crippen MR) is 70.8 cm³/mol. The normalized spacial score (nSPS) is 14.9. The third kappa shape index (κ3) is 2.50. The molecule has 1 aromatic carbocycles. The largest absolute Gasteiger partial charge is 0.430 e. The Morgan fingerprint density at radius 2 is 2.24 bits per heavy atom. The fraction of sp³-hybridized carbons (Fsp3) is 0.333. The lowest BCUT2D eigenvalue weighted by molar-refractivity contribution is 0.473. The quantitative estimate of drug-likeness (QED) is 0.848. The van der Waals surface area contributed by atoms with Crippen LogP contribution in [0.15, 0.2) is 22.7 Å². The summed E-state index contributed by atoms with van der Waals surface area (Å²) in [7, 11) is 0. The minimum absolute atomic E-state index is 0.576. The molecule has 0 saturated heterocycles. The van der Waals surface area contributed by atoms with E-state index in [-0.39, 0.29) is 0 Å². The molecule has 0 spiro atoms. The van der Waals surface area contributed by atoms with Gasteiger partial charge in [-0.05, 0) is 37.5 Å². The van der Waals surface area contributed by atoms with Crippen molar-refractivity contribution in [3.63, 3.8) is 0 Å². The lowest BCUT2D eigenvalue weighted by atomic mass is 10.2. The van der Waals surface area contributed by atoms with Gasteiger partial charge in [0.2, 0.25) is 0 Å². The number of halogens is 1. The summed E-state index contributed by atoms with van der Waals surface area (Å²) >= 11 is 4.76. The van der Waals surface area contributed by atoms with Crippen molar-refractivity contribution in [1.82, 2.24) is 9.36 Å². The first kappa shape index (κ1) is 11.2. The second kappa shape index (κ2) is 4.38. The highest BCUT2D eigenvalue weighted by Crippen LogP contribution is 2.40. The van der Waals surface area contributed by atoms with Crippen molar-refractivity contribution in [1.29, 1.82) is 0 Å². The average molecular weight is 311 g/mol. The van der Waals surface area contributed by atoms with Gasteiger partial charge in [0.15, 0.2) is 0 Å². The first-order valence-corrected chi connectivity index (χ1v) is 7.06. The second-order valence-electron chi connectivity index (χ2n) is 4.20. The molecule has 0 N–H and O–H groups in total. The van der Waals surface area contributed by atoms with Crippen LogP contribution in [0, 0.1) is 6.92 Å². The molecule has 0 atom stereocenters. The lowest BCUT2D eigenvalue weighted by Gasteiger charge is -2.05. The van der Waals surface area contributed by atoms with Crippen LogP contribution in [0.1, 0.15) is 30.1 Å². The van der Waals surface area contributed by atoms with Crippen LogP contribution in [-0.4, -0.2) is 9.36 Å². The van der Waals surface area contributed by atoms with Crippen LogP contribution >= 0.6 is 27.5 Å². The summed E-state index contributed by atoms with van der Waals surface area (Å²) < 4.78 is 11.1. The number of ether oxygens (including phenoxy) is 1. The van der Waals surface area contributed by atoms with Crippen LogP contribution in [0.3, 0.4) is 0 Å². The third-order valence-electron chi connectivity index (χ3n) is 2.71. The highest BCUT2D eigenvalue weighted by Gasteiger charge is 2.28. The molecule has 1 heterocycles. The standard InChI is InChI=1S/C12H11BrN2OS/c1-7-2-5-9(13)6-10(7)16-12-14-11(15-17-12)8-3-4-8/h2,5-6,8H,3-4H2,1H3. The van der Waals surface area contributed by atoms with Crippen molar-refractivity contribution < 1.29 is 4.74 Å². The van der Waals surface area contributed by atoms with Crippen LogP contribution in [-0.2, 0) is 0 Å². The summed E-state index contributed by atoms with van der Waals surface area (Å²) in [5.41, 5.74) is 1.09. The number of aromatic nitrogens is 2. The van der Waals surface area contributed by atoms with Crippen molar-refractivity contribution in [2.24, 2.45) is 0 Å². The zero-order chi connectivity index (χ0) is 11.8. The number of hydrogen-bond acceptors (Lipinski definition) is 4. The van der Waals surface area contributed by atoms with E-state index >= 15 is 0 Å². The van der Waals surface area contributed by atoms with Crippen LogP contribution in [0.25, 0.3) is 0 Å². The molecule has 1 aliphatic carbocycles. The Kier molecular flexibility index (Phi) is 2.88. The fourth-order valence-electron chi connectivity index (χ4n) is 1.55. The molecule has 5 heteroatoms. The van der Waals surface area contributed by atoms with Crippen molar-refractivity contribution in [3.05, 3.63) is 34.1 Å². The van der Waals surface area contributed by atoms with Crippen molar-refractivity contribution in [3.8, 4) is 10.9 Å². The molecule has 0 radical (unpaired) electrons. The average Bonchev–Trinajstić information content (AvgIpc) is 3.05. The molecule has 1 aliphatic rings. The SMILES string of the molecule is Cc1ccc(Br)cc1Oc1nc(C2CC2)ns1. The summed E-state index contributed by atoms with van der Waals surface area (Å²) in [6, 6.07) is 5.97. The van der Waals surface area contributed by atoms with E-state index in [1.54, 1.807) is 0 Å². The molecule has 1 saturated carbocycles. The number of aryl methyl sites for hydroxylation is 1. The van der Waals surface area contributed by atoms with Gasteiger partial charge in [-0.15, -0.1) is 0 Å². The fourth-order valence-corrected chi connectivity index (χ4v) is 2.51. The molecule has 3 rings (SSSR count). The first-order chi connectivity index (χ1) is 8.22. The number of hydrogen-bond donors (Lipinski definition) is 0. The van der Waals surface area contributed by atoms with Gasteiger partial charge in [-0.3, -0.25) is 0 Å². The smallest absolute Gasteiger partial charge is 0.298 e. The number of rotatable bonds is 3. The molecule has 88 valence electrons. The number of nitrogens with zero attached hydrogens (tertiary/aromatic N) is 2. The van der Waals surface area contributed by atoms with Crippen LogP contribution in [0.2, 0.25) is 0 Å². The Labute approximate surface area is 112 Å². The maximum Gasteiger partial charge on any atom is 0.298 e. The molecule has 2 aromatic rings. The Hall–Kier alpha value is -0.940. The van der Waals surface area contributed by atoms with Gasteiger partial charge in [0.1, 0.15) is 11.6 Å². The third-order valence-corrected chi connectivity index (χ3v) is 3.82. The zero-order valence-electron chi connectivity index (χ0n) is 9.31. The highest BCUT2D eigenvalue weighted by molar-refractivity contribution is 9.10. The van der Waals surface area contributed by atoms with Gasteiger partial charge in [-0.25, -0.2) is 0 Å². The van der Waals surface area contributed by atoms with E-state index in [4.69, 9.17) is 4.74 Å². The Bertz CT molecular complexity index is 551. The van der Waals surface area contributed by atoms with Gasteiger partial charge in [-0.1, -0.05) is 22.0 Å². The zero-order valence-corrected chi connectivity index (χ0v) is 11.7. The highest BCUT2D eigenvalue weighted by atomic mass is 79.9. The van der Waals surface area contributed by atoms with E-state index in [1.807, 2.05) is 25.1 Å². The maximum atomic E-state index is 5.76. The Morgan fingerprint density at radius 1 is 1.41 bits per heavy atom. The van der Waals surface area contributed by atoms with E-state index in [2.05, 4.69) is 25.3 Å².